The minimum absolute atomic E-state index is 0.168. The molecular weight excluding hydrogens is 342 g/mol. The number of nitrogens with one attached hydrogen (secondary N) is 1. The van der Waals surface area contributed by atoms with E-state index in [1.165, 1.54) is 0 Å². The first-order valence-electron chi connectivity index (χ1n) is 8.46. The number of anilines is 2. The van der Waals surface area contributed by atoms with E-state index in [1.807, 2.05) is 49.4 Å². The predicted molar refractivity (Wildman–Crippen MR) is 105 cm³/mol. The Kier molecular flexibility index (Phi) is 5.68. The maximum atomic E-state index is 12.6. The SMILES string of the molecule is COCc1nc(N)c(C(=O)Nc2cccc(Oc3ccccc3)c2)cc1C. The van der Waals surface area contributed by atoms with Gasteiger partial charge >= 0.3 is 0 Å². The number of amides is 1. The summed E-state index contributed by atoms with van der Waals surface area (Å²) in [4.78, 5) is 16.9. The van der Waals surface area contributed by atoms with Crippen molar-refractivity contribution in [2.24, 2.45) is 0 Å². The minimum atomic E-state index is -0.330. The van der Waals surface area contributed by atoms with Gasteiger partial charge < -0.3 is 20.5 Å². The molecule has 3 rings (SSSR count). The van der Waals surface area contributed by atoms with Crippen molar-refractivity contribution in [3.63, 3.8) is 0 Å². The molecule has 138 valence electrons. The van der Waals surface area contributed by atoms with Gasteiger partial charge in [-0.2, -0.15) is 0 Å². The van der Waals surface area contributed by atoms with Gasteiger partial charge in [-0.15, -0.1) is 0 Å². The lowest BCUT2D eigenvalue weighted by Crippen LogP contribution is -2.16. The van der Waals surface area contributed by atoms with Gasteiger partial charge in [-0.3, -0.25) is 4.79 Å². The molecule has 0 radical (unpaired) electrons. The number of nitrogens with two attached hydrogens (primary N) is 1. The maximum Gasteiger partial charge on any atom is 0.259 e. The number of aromatic nitrogens is 1. The van der Waals surface area contributed by atoms with Crippen molar-refractivity contribution < 1.29 is 14.3 Å². The number of ether oxygens (including phenoxy) is 2. The molecule has 6 heteroatoms. The van der Waals surface area contributed by atoms with E-state index in [0.29, 0.717) is 29.3 Å². The second kappa shape index (κ2) is 8.33. The number of aryl methyl sites for hydroxylation is 1. The quantitative estimate of drug-likeness (QED) is 0.687. The molecule has 27 heavy (non-hydrogen) atoms. The van der Waals surface area contributed by atoms with Crippen LogP contribution in [0, 0.1) is 6.92 Å². The van der Waals surface area contributed by atoms with Crippen LogP contribution in [0.4, 0.5) is 11.5 Å². The summed E-state index contributed by atoms with van der Waals surface area (Å²) in [6, 6.07) is 18.3. The molecule has 0 saturated carbocycles. The van der Waals surface area contributed by atoms with Crippen LogP contribution in [0.25, 0.3) is 0 Å². The van der Waals surface area contributed by atoms with E-state index >= 15 is 0 Å². The molecule has 0 spiro atoms. The highest BCUT2D eigenvalue weighted by Crippen LogP contribution is 2.25. The maximum absolute atomic E-state index is 12.6. The molecule has 1 heterocycles. The van der Waals surface area contributed by atoms with Gasteiger partial charge in [-0.25, -0.2) is 4.98 Å². The molecule has 0 aliphatic carbocycles. The summed E-state index contributed by atoms with van der Waals surface area (Å²) in [5.41, 5.74) is 8.44. The van der Waals surface area contributed by atoms with Crippen molar-refractivity contribution in [1.29, 1.82) is 0 Å². The standard InChI is InChI=1S/C21H21N3O3/c1-14-11-18(20(22)24-19(14)13-26-2)21(25)23-15-7-6-10-17(12-15)27-16-8-4-3-5-9-16/h3-12H,13H2,1-2H3,(H2,22,24)(H,23,25). The molecular formula is C21H21N3O3. The number of benzene rings is 2. The molecule has 1 amide bonds. The molecule has 0 bridgehead atoms. The first-order chi connectivity index (χ1) is 13.1. The number of nitrogen functional groups attached to an aromatic ring is 1. The van der Waals surface area contributed by atoms with Crippen LogP contribution in [0.15, 0.2) is 60.7 Å². The van der Waals surface area contributed by atoms with Crippen LogP contribution in [0.5, 0.6) is 11.5 Å². The van der Waals surface area contributed by atoms with Crippen molar-refractivity contribution in [1.82, 2.24) is 4.98 Å². The fourth-order valence-corrected chi connectivity index (χ4v) is 2.59. The number of hydrogen-bond donors (Lipinski definition) is 2. The number of rotatable bonds is 6. The molecule has 3 aromatic rings. The van der Waals surface area contributed by atoms with E-state index in [0.717, 1.165) is 11.3 Å². The van der Waals surface area contributed by atoms with E-state index < -0.39 is 0 Å². The van der Waals surface area contributed by atoms with E-state index in [4.69, 9.17) is 15.2 Å². The lowest BCUT2D eigenvalue weighted by Gasteiger charge is -2.12. The van der Waals surface area contributed by atoms with Crippen molar-refractivity contribution in [2.75, 3.05) is 18.2 Å². The van der Waals surface area contributed by atoms with E-state index in [-0.39, 0.29) is 11.7 Å². The molecule has 0 aliphatic rings. The second-order valence-corrected chi connectivity index (χ2v) is 6.01. The third-order valence-corrected chi connectivity index (χ3v) is 3.94. The van der Waals surface area contributed by atoms with Crippen LogP contribution in [0.2, 0.25) is 0 Å². The Morgan fingerprint density at radius 3 is 2.56 bits per heavy atom. The summed E-state index contributed by atoms with van der Waals surface area (Å²) < 4.78 is 10.9. The highest BCUT2D eigenvalue weighted by molar-refractivity contribution is 6.07. The summed E-state index contributed by atoms with van der Waals surface area (Å²) >= 11 is 0. The van der Waals surface area contributed by atoms with Crippen molar-refractivity contribution in [2.45, 2.75) is 13.5 Å². The molecule has 0 atom stereocenters. The second-order valence-electron chi connectivity index (χ2n) is 6.01. The van der Waals surface area contributed by atoms with Crippen LogP contribution in [-0.2, 0) is 11.3 Å². The minimum Gasteiger partial charge on any atom is -0.457 e. The monoisotopic (exact) mass is 363 g/mol. The van der Waals surface area contributed by atoms with Crippen LogP contribution in [-0.4, -0.2) is 18.0 Å². The van der Waals surface area contributed by atoms with Crippen molar-refractivity contribution >= 4 is 17.4 Å². The van der Waals surface area contributed by atoms with Gasteiger partial charge in [0, 0.05) is 18.9 Å². The summed E-state index contributed by atoms with van der Waals surface area (Å²) in [7, 11) is 1.59. The summed E-state index contributed by atoms with van der Waals surface area (Å²) in [6.45, 7) is 2.21. The summed E-state index contributed by atoms with van der Waals surface area (Å²) in [5, 5.41) is 2.83. The number of hydrogen-bond acceptors (Lipinski definition) is 5. The van der Waals surface area contributed by atoms with Crippen LogP contribution in [0.1, 0.15) is 21.6 Å². The molecule has 1 aromatic heterocycles. The zero-order chi connectivity index (χ0) is 19.2. The lowest BCUT2D eigenvalue weighted by molar-refractivity contribution is 0.102. The normalized spacial score (nSPS) is 10.4. The zero-order valence-corrected chi connectivity index (χ0v) is 15.2. The molecule has 0 aliphatic heterocycles. The largest absolute Gasteiger partial charge is 0.457 e. The molecule has 6 nitrogen and oxygen atoms in total. The fraction of sp³-hybridized carbons (Fsp3) is 0.143. The molecule has 3 N–H and O–H groups in total. The lowest BCUT2D eigenvalue weighted by atomic mass is 10.1. The third kappa shape index (κ3) is 4.62. The van der Waals surface area contributed by atoms with Crippen LogP contribution < -0.4 is 15.8 Å². The molecule has 2 aromatic carbocycles. The van der Waals surface area contributed by atoms with Gasteiger partial charge in [0.25, 0.3) is 5.91 Å². The first kappa shape index (κ1) is 18.4. The number of para-hydroxylation sites is 1. The number of carbonyl (C=O) groups excluding carboxylic acids is 1. The third-order valence-electron chi connectivity index (χ3n) is 3.94. The Bertz CT molecular complexity index is 943. The van der Waals surface area contributed by atoms with Crippen LogP contribution in [0.3, 0.4) is 0 Å². The Balaban J connectivity index is 1.76. The number of pyridine rings is 1. The molecule has 0 fully saturated rings. The summed E-state index contributed by atoms with van der Waals surface area (Å²) in [5.74, 6) is 1.18. The topological polar surface area (TPSA) is 86.5 Å². The van der Waals surface area contributed by atoms with Crippen LogP contribution >= 0.6 is 0 Å². The molecule has 0 unspecified atom stereocenters. The zero-order valence-electron chi connectivity index (χ0n) is 15.2. The highest BCUT2D eigenvalue weighted by Gasteiger charge is 2.14. The van der Waals surface area contributed by atoms with Gasteiger partial charge in [0.05, 0.1) is 17.9 Å². The van der Waals surface area contributed by atoms with Gasteiger partial charge in [-0.1, -0.05) is 24.3 Å². The predicted octanol–water partition coefficient (Wildman–Crippen LogP) is 4.16. The number of methoxy groups -OCH3 is 1. The fourth-order valence-electron chi connectivity index (χ4n) is 2.59. The molecule has 0 saturated heterocycles. The average molecular weight is 363 g/mol. The average Bonchev–Trinajstić information content (AvgIpc) is 2.65. The van der Waals surface area contributed by atoms with E-state index in [1.54, 1.807) is 25.3 Å². The Morgan fingerprint density at radius 1 is 1.07 bits per heavy atom. The van der Waals surface area contributed by atoms with Crippen molar-refractivity contribution in [3.8, 4) is 11.5 Å². The smallest absolute Gasteiger partial charge is 0.259 e. The van der Waals surface area contributed by atoms with Gasteiger partial charge in [0.15, 0.2) is 0 Å². The van der Waals surface area contributed by atoms with Gasteiger partial charge in [0.1, 0.15) is 17.3 Å². The van der Waals surface area contributed by atoms with Gasteiger partial charge in [0.2, 0.25) is 0 Å². The first-order valence-corrected chi connectivity index (χ1v) is 8.46. The highest BCUT2D eigenvalue weighted by atomic mass is 16.5. The number of nitrogens with zero attached hydrogens (tertiary/aromatic N) is 1. The Labute approximate surface area is 158 Å². The van der Waals surface area contributed by atoms with E-state index in [9.17, 15) is 4.79 Å². The Morgan fingerprint density at radius 2 is 1.81 bits per heavy atom. The number of carbonyl (C=O) groups is 1. The summed E-state index contributed by atoms with van der Waals surface area (Å²) in [6.07, 6.45) is 0. The Hall–Kier alpha value is -3.38. The van der Waals surface area contributed by atoms with Crippen molar-refractivity contribution in [3.05, 3.63) is 77.5 Å². The van der Waals surface area contributed by atoms with Gasteiger partial charge in [-0.05, 0) is 42.8 Å². The van der Waals surface area contributed by atoms with E-state index in [2.05, 4.69) is 10.3 Å².